The average Bonchev–Trinajstić information content (AvgIpc) is 3.12. The Morgan fingerprint density at radius 3 is 2.48 bits per heavy atom. The second kappa shape index (κ2) is 5.84. The Balaban J connectivity index is 1.73. The van der Waals surface area contributed by atoms with Crippen LogP contribution < -0.4 is 23.7 Å². The Bertz CT molecular complexity index is 831. The molecule has 2 aliphatic rings. The van der Waals surface area contributed by atoms with Crippen molar-refractivity contribution in [2.45, 2.75) is 12.3 Å². The van der Waals surface area contributed by atoms with Crippen molar-refractivity contribution >= 4 is 0 Å². The van der Waals surface area contributed by atoms with Gasteiger partial charge in [0.05, 0.1) is 20.8 Å². The lowest BCUT2D eigenvalue weighted by Crippen LogP contribution is -2.19. The zero-order valence-electron chi connectivity index (χ0n) is 13.9. The summed E-state index contributed by atoms with van der Waals surface area (Å²) in [6.07, 6.45) is 0.613. The SMILES string of the molecule is COc1cc2c(cc1O)OC[C@H](c1cc(OC)c3c(c1O)OCO3)C2. The maximum Gasteiger partial charge on any atom is 0.231 e. The topological polar surface area (TPSA) is 86.6 Å². The van der Waals surface area contributed by atoms with Crippen LogP contribution in [0, 0.1) is 0 Å². The van der Waals surface area contributed by atoms with E-state index < -0.39 is 0 Å². The number of rotatable bonds is 3. The van der Waals surface area contributed by atoms with Crippen LogP contribution in [-0.4, -0.2) is 37.8 Å². The van der Waals surface area contributed by atoms with Gasteiger partial charge in [0.1, 0.15) is 5.75 Å². The van der Waals surface area contributed by atoms with Crippen molar-refractivity contribution < 1.29 is 33.9 Å². The average molecular weight is 346 g/mol. The molecule has 0 aliphatic carbocycles. The van der Waals surface area contributed by atoms with Gasteiger partial charge >= 0.3 is 0 Å². The first-order valence-electron chi connectivity index (χ1n) is 7.84. The lowest BCUT2D eigenvalue weighted by atomic mass is 9.89. The van der Waals surface area contributed by atoms with Crippen LogP contribution in [0.4, 0.5) is 0 Å². The van der Waals surface area contributed by atoms with E-state index in [4.69, 9.17) is 23.7 Å². The quantitative estimate of drug-likeness (QED) is 0.883. The van der Waals surface area contributed by atoms with Gasteiger partial charge in [-0.05, 0) is 24.1 Å². The highest BCUT2D eigenvalue weighted by Crippen LogP contribution is 2.52. The fourth-order valence-corrected chi connectivity index (χ4v) is 3.27. The van der Waals surface area contributed by atoms with E-state index in [9.17, 15) is 10.2 Å². The number of methoxy groups -OCH3 is 2. The van der Waals surface area contributed by atoms with Crippen molar-refractivity contribution in [2.75, 3.05) is 27.6 Å². The van der Waals surface area contributed by atoms with Crippen LogP contribution in [-0.2, 0) is 6.42 Å². The third kappa shape index (κ3) is 2.43. The molecule has 7 nitrogen and oxygen atoms in total. The molecule has 0 fully saturated rings. The molecule has 0 aromatic heterocycles. The summed E-state index contributed by atoms with van der Waals surface area (Å²) in [6.45, 7) is 0.401. The predicted octanol–water partition coefficient (Wildman–Crippen LogP) is 2.56. The fourth-order valence-electron chi connectivity index (χ4n) is 3.27. The normalized spacial score (nSPS) is 17.6. The maximum absolute atomic E-state index is 10.6. The van der Waals surface area contributed by atoms with Gasteiger partial charge in [0.15, 0.2) is 23.0 Å². The van der Waals surface area contributed by atoms with Gasteiger partial charge in [-0.15, -0.1) is 0 Å². The minimum absolute atomic E-state index is 0.0345. The molecule has 7 heteroatoms. The predicted molar refractivity (Wildman–Crippen MR) is 87.4 cm³/mol. The molecule has 2 N–H and O–H groups in total. The van der Waals surface area contributed by atoms with E-state index in [1.165, 1.54) is 7.11 Å². The maximum atomic E-state index is 10.6. The number of hydrogen-bond acceptors (Lipinski definition) is 7. The molecule has 1 atom stereocenters. The number of ether oxygens (including phenoxy) is 5. The van der Waals surface area contributed by atoms with E-state index in [0.29, 0.717) is 47.3 Å². The van der Waals surface area contributed by atoms with Crippen LogP contribution in [0.3, 0.4) is 0 Å². The van der Waals surface area contributed by atoms with Crippen LogP contribution >= 0.6 is 0 Å². The number of aromatic hydroxyl groups is 2. The summed E-state index contributed by atoms with van der Waals surface area (Å²) in [5.41, 5.74) is 1.56. The highest BCUT2D eigenvalue weighted by Gasteiger charge is 2.31. The van der Waals surface area contributed by atoms with Gasteiger partial charge in [0.25, 0.3) is 0 Å². The number of phenolic OH excluding ortho intramolecular Hbond substituents is 2. The second-order valence-electron chi connectivity index (χ2n) is 5.93. The fraction of sp³-hybridized carbons (Fsp3) is 0.333. The highest BCUT2D eigenvalue weighted by molar-refractivity contribution is 5.64. The lowest BCUT2D eigenvalue weighted by Gasteiger charge is -2.27. The molecule has 2 heterocycles. The monoisotopic (exact) mass is 346 g/mol. The molecular weight excluding hydrogens is 328 g/mol. The number of hydrogen-bond donors (Lipinski definition) is 2. The Morgan fingerprint density at radius 2 is 1.72 bits per heavy atom. The molecule has 0 amide bonds. The van der Waals surface area contributed by atoms with Crippen molar-refractivity contribution in [2.24, 2.45) is 0 Å². The van der Waals surface area contributed by atoms with E-state index in [0.717, 1.165) is 5.56 Å². The number of fused-ring (bicyclic) bond motifs is 2. The van der Waals surface area contributed by atoms with Crippen LogP contribution in [0.1, 0.15) is 17.0 Å². The standard InChI is InChI=1S/C18H18O7/c1-21-14-4-9-3-10(7-23-13(9)6-12(14)19)11-5-15(22-2)17-18(16(11)20)25-8-24-17/h4-6,10,19-20H,3,7-8H2,1-2H3/t10-/m1/s1. The Hall–Kier alpha value is -2.96. The van der Waals surface area contributed by atoms with Gasteiger partial charge in [-0.1, -0.05) is 0 Å². The molecule has 2 aliphatic heterocycles. The van der Waals surface area contributed by atoms with Crippen molar-refractivity contribution in [1.82, 2.24) is 0 Å². The third-order valence-corrected chi connectivity index (χ3v) is 4.54. The summed E-state index contributed by atoms with van der Waals surface area (Å²) in [4.78, 5) is 0. The first-order chi connectivity index (χ1) is 12.1. The molecule has 0 saturated heterocycles. The van der Waals surface area contributed by atoms with E-state index in [2.05, 4.69) is 0 Å². The number of benzene rings is 2. The summed E-state index contributed by atoms with van der Waals surface area (Å²) in [5, 5.41) is 20.5. The van der Waals surface area contributed by atoms with Gasteiger partial charge in [-0.2, -0.15) is 0 Å². The van der Waals surface area contributed by atoms with Crippen molar-refractivity contribution in [3.63, 3.8) is 0 Å². The van der Waals surface area contributed by atoms with Gasteiger partial charge in [0.2, 0.25) is 18.3 Å². The van der Waals surface area contributed by atoms with Crippen LogP contribution in [0.5, 0.6) is 40.2 Å². The second-order valence-corrected chi connectivity index (χ2v) is 5.93. The highest BCUT2D eigenvalue weighted by atomic mass is 16.7. The molecule has 0 saturated carbocycles. The largest absolute Gasteiger partial charge is 0.504 e. The number of phenols is 2. The summed E-state index contributed by atoms with van der Waals surface area (Å²) >= 11 is 0. The van der Waals surface area contributed by atoms with E-state index in [1.54, 1.807) is 25.3 Å². The summed E-state index contributed by atoms with van der Waals surface area (Å²) < 4.78 is 27.0. The first-order valence-corrected chi connectivity index (χ1v) is 7.84. The Labute approximate surface area is 144 Å². The zero-order valence-corrected chi connectivity index (χ0v) is 13.9. The van der Waals surface area contributed by atoms with Gasteiger partial charge in [-0.25, -0.2) is 0 Å². The Morgan fingerprint density at radius 1 is 0.960 bits per heavy atom. The molecule has 4 rings (SSSR count). The third-order valence-electron chi connectivity index (χ3n) is 4.54. The summed E-state index contributed by atoms with van der Waals surface area (Å²) in [7, 11) is 3.04. The van der Waals surface area contributed by atoms with Crippen LogP contribution in [0.15, 0.2) is 18.2 Å². The van der Waals surface area contributed by atoms with E-state index >= 15 is 0 Å². The van der Waals surface area contributed by atoms with Crippen molar-refractivity contribution in [3.05, 3.63) is 29.3 Å². The first kappa shape index (κ1) is 15.6. The molecule has 0 bridgehead atoms. The molecule has 25 heavy (non-hydrogen) atoms. The van der Waals surface area contributed by atoms with Gasteiger partial charge in [0, 0.05) is 17.5 Å². The van der Waals surface area contributed by atoms with Crippen LogP contribution in [0.25, 0.3) is 0 Å². The molecule has 132 valence electrons. The molecule has 0 radical (unpaired) electrons. The molecular formula is C18H18O7. The summed E-state index contributed by atoms with van der Waals surface area (Å²) in [5.74, 6) is 2.18. The van der Waals surface area contributed by atoms with Crippen molar-refractivity contribution in [3.8, 4) is 40.2 Å². The van der Waals surface area contributed by atoms with E-state index in [1.807, 2.05) is 0 Å². The molecule has 0 unspecified atom stereocenters. The van der Waals surface area contributed by atoms with Crippen LogP contribution in [0.2, 0.25) is 0 Å². The Kier molecular flexibility index (Phi) is 3.63. The molecule has 2 aromatic carbocycles. The van der Waals surface area contributed by atoms with Crippen molar-refractivity contribution in [1.29, 1.82) is 0 Å². The summed E-state index contributed by atoms with van der Waals surface area (Å²) in [6, 6.07) is 5.04. The molecule has 2 aromatic rings. The smallest absolute Gasteiger partial charge is 0.231 e. The van der Waals surface area contributed by atoms with Gasteiger partial charge in [-0.3, -0.25) is 0 Å². The van der Waals surface area contributed by atoms with E-state index in [-0.39, 0.29) is 24.2 Å². The zero-order chi connectivity index (χ0) is 17.6. The molecule has 0 spiro atoms. The minimum Gasteiger partial charge on any atom is -0.504 e. The minimum atomic E-state index is -0.106. The lowest BCUT2D eigenvalue weighted by molar-refractivity contribution is 0.168. The van der Waals surface area contributed by atoms with Gasteiger partial charge < -0.3 is 33.9 Å².